The van der Waals surface area contributed by atoms with E-state index in [1.54, 1.807) is 0 Å². The van der Waals surface area contributed by atoms with Crippen molar-refractivity contribution in [2.45, 2.75) is 39.7 Å². The predicted octanol–water partition coefficient (Wildman–Crippen LogP) is 3.23. The number of carbonyl (C=O) groups is 1. The molecule has 3 aromatic rings. The van der Waals surface area contributed by atoms with Crippen LogP contribution in [0.5, 0.6) is 0 Å². The van der Waals surface area contributed by atoms with Crippen molar-refractivity contribution in [1.82, 2.24) is 20.4 Å². The third-order valence-corrected chi connectivity index (χ3v) is 5.35. The smallest absolute Gasteiger partial charge is 0.259 e. The first-order valence-corrected chi connectivity index (χ1v) is 9.29. The van der Waals surface area contributed by atoms with Crippen molar-refractivity contribution in [1.29, 1.82) is 0 Å². The summed E-state index contributed by atoms with van der Waals surface area (Å²) in [5.74, 6) is 1.58. The van der Waals surface area contributed by atoms with Crippen LogP contribution in [-0.2, 0) is 0 Å². The summed E-state index contributed by atoms with van der Waals surface area (Å²) in [6.45, 7) is 7.09. The van der Waals surface area contributed by atoms with Crippen molar-refractivity contribution in [3.05, 3.63) is 34.9 Å². The van der Waals surface area contributed by atoms with E-state index in [1.807, 2.05) is 44.9 Å². The molecule has 0 radical (unpaired) electrons. The maximum absolute atomic E-state index is 13.3. The van der Waals surface area contributed by atoms with Gasteiger partial charge in [-0.05, 0) is 52.8 Å². The van der Waals surface area contributed by atoms with Crippen molar-refractivity contribution < 1.29 is 13.7 Å². The molecule has 1 fully saturated rings. The van der Waals surface area contributed by atoms with E-state index in [2.05, 4.69) is 15.5 Å². The van der Waals surface area contributed by atoms with E-state index in [-0.39, 0.29) is 5.91 Å². The summed E-state index contributed by atoms with van der Waals surface area (Å²) in [5.41, 5.74) is 3.19. The van der Waals surface area contributed by atoms with E-state index in [1.165, 1.54) is 0 Å². The summed E-state index contributed by atoms with van der Waals surface area (Å²) in [7, 11) is 1.97. The molecule has 0 aromatic carbocycles. The molecule has 7 nitrogen and oxygen atoms in total. The lowest BCUT2D eigenvalue weighted by atomic mass is 10.0. The molecule has 0 spiro atoms. The Bertz CT molecular complexity index is 996. The Hall–Kier alpha value is -2.67. The maximum atomic E-state index is 13.3. The first-order valence-electron chi connectivity index (χ1n) is 9.29. The van der Waals surface area contributed by atoms with Crippen LogP contribution in [0.4, 0.5) is 0 Å². The molecule has 27 heavy (non-hydrogen) atoms. The number of fused-ring (bicyclic) bond motifs is 1. The Kier molecular flexibility index (Phi) is 4.47. The normalized spacial score (nSPS) is 15.6. The molecule has 1 saturated heterocycles. The van der Waals surface area contributed by atoms with Gasteiger partial charge in [0.2, 0.25) is 0 Å². The Morgan fingerprint density at radius 3 is 2.59 bits per heavy atom. The van der Waals surface area contributed by atoms with Gasteiger partial charge in [-0.1, -0.05) is 5.16 Å². The van der Waals surface area contributed by atoms with Gasteiger partial charge in [0.1, 0.15) is 11.5 Å². The van der Waals surface area contributed by atoms with Crippen LogP contribution in [0.3, 0.4) is 0 Å². The predicted molar refractivity (Wildman–Crippen MR) is 102 cm³/mol. The fourth-order valence-corrected chi connectivity index (χ4v) is 3.83. The van der Waals surface area contributed by atoms with Crippen LogP contribution in [0.15, 0.2) is 21.1 Å². The number of nitrogens with zero attached hydrogens (tertiary/aromatic N) is 3. The minimum Gasteiger partial charge on any atom is -0.466 e. The van der Waals surface area contributed by atoms with Crippen LogP contribution in [-0.4, -0.2) is 47.1 Å². The highest BCUT2D eigenvalue weighted by Gasteiger charge is 2.27. The second-order valence-corrected chi connectivity index (χ2v) is 7.19. The van der Waals surface area contributed by atoms with E-state index < -0.39 is 0 Å². The van der Waals surface area contributed by atoms with Gasteiger partial charge in [0.15, 0.2) is 0 Å². The maximum Gasteiger partial charge on any atom is 0.259 e. The molecule has 1 amide bonds. The minimum atomic E-state index is 0.00220. The molecule has 3 aromatic heterocycles. The zero-order chi connectivity index (χ0) is 19.1. The average molecular weight is 368 g/mol. The van der Waals surface area contributed by atoms with Crippen molar-refractivity contribution in [3.63, 3.8) is 0 Å². The number of likely N-dealkylation sites (tertiary alicyclic amines) is 1. The monoisotopic (exact) mass is 368 g/mol. The number of hydrogen-bond acceptors (Lipinski definition) is 6. The first-order chi connectivity index (χ1) is 13.0. The molecule has 0 unspecified atom stereocenters. The molecule has 1 aliphatic rings. The summed E-state index contributed by atoms with van der Waals surface area (Å²) in [6.07, 6.45) is 1.90. The molecular weight excluding hydrogens is 344 g/mol. The zero-order valence-electron chi connectivity index (χ0n) is 16.1. The summed E-state index contributed by atoms with van der Waals surface area (Å²) in [5, 5.41) is 8.02. The van der Waals surface area contributed by atoms with Crippen molar-refractivity contribution in [2.24, 2.45) is 0 Å². The second-order valence-electron chi connectivity index (χ2n) is 7.19. The number of carbonyl (C=O) groups excluding carboxylic acids is 1. The molecule has 0 bridgehead atoms. The summed E-state index contributed by atoms with van der Waals surface area (Å²) in [4.78, 5) is 19.8. The van der Waals surface area contributed by atoms with E-state index in [9.17, 15) is 4.79 Å². The van der Waals surface area contributed by atoms with Crippen LogP contribution in [0.1, 0.15) is 40.4 Å². The third kappa shape index (κ3) is 3.12. The number of amides is 1. The number of furan rings is 1. The molecule has 4 rings (SSSR count). The summed E-state index contributed by atoms with van der Waals surface area (Å²) >= 11 is 0. The van der Waals surface area contributed by atoms with Crippen LogP contribution >= 0.6 is 0 Å². The lowest BCUT2D eigenvalue weighted by Crippen LogP contribution is -2.44. The van der Waals surface area contributed by atoms with Crippen molar-refractivity contribution >= 4 is 17.0 Å². The minimum absolute atomic E-state index is 0.00220. The van der Waals surface area contributed by atoms with E-state index in [4.69, 9.17) is 8.94 Å². The number of pyridine rings is 1. The summed E-state index contributed by atoms with van der Waals surface area (Å²) < 4.78 is 11.0. The standard InChI is InChI=1S/C20H24N4O3/c1-11-9-15(13(3)26-11)17-10-16(18-12(2)23-27-19(18)22-17)20(25)24-7-5-14(21-4)6-8-24/h9-10,14,21H,5-8H2,1-4H3. The Labute approximate surface area is 157 Å². The van der Waals surface area contributed by atoms with Gasteiger partial charge >= 0.3 is 0 Å². The highest BCUT2D eigenvalue weighted by molar-refractivity contribution is 6.07. The van der Waals surface area contributed by atoms with Gasteiger partial charge in [0.25, 0.3) is 11.6 Å². The average Bonchev–Trinajstić information content (AvgIpc) is 3.22. The Morgan fingerprint density at radius 1 is 1.22 bits per heavy atom. The number of aromatic nitrogens is 2. The van der Waals surface area contributed by atoms with Crippen LogP contribution in [0.25, 0.3) is 22.4 Å². The lowest BCUT2D eigenvalue weighted by Gasteiger charge is -2.32. The summed E-state index contributed by atoms with van der Waals surface area (Å²) in [6, 6.07) is 4.24. The largest absolute Gasteiger partial charge is 0.466 e. The fourth-order valence-electron chi connectivity index (χ4n) is 3.83. The van der Waals surface area contributed by atoms with Crippen molar-refractivity contribution in [2.75, 3.05) is 20.1 Å². The van der Waals surface area contributed by atoms with Gasteiger partial charge in [-0.2, -0.15) is 0 Å². The lowest BCUT2D eigenvalue weighted by molar-refractivity contribution is 0.0709. The van der Waals surface area contributed by atoms with Gasteiger partial charge in [-0.3, -0.25) is 4.79 Å². The molecule has 0 saturated carbocycles. The van der Waals surface area contributed by atoms with Gasteiger partial charge in [0.05, 0.1) is 22.3 Å². The van der Waals surface area contributed by atoms with Gasteiger partial charge in [-0.25, -0.2) is 4.98 Å². The fraction of sp³-hybridized carbons (Fsp3) is 0.450. The highest BCUT2D eigenvalue weighted by Crippen LogP contribution is 2.31. The number of rotatable bonds is 3. The molecule has 0 atom stereocenters. The van der Waals surface area contributed by atoms with Crippen LogP contribution < -0.4 is 5.32 Å². The molecular formula is C20H24N4O3. The highest BCUT2D eigenvalue weighted by atomic mass is 16.5. The Morgan fingerprint density at radius 2 is 1.96 bits per heavy atom. The zero-order valence-corrected chi connectivity index (χ0v) is 16.1. The topological polar surface area (TPSA) is 84.4 Å². The third-order valence-electron chi connectivity index (χ3n) is 5.35. The number of aryl methyl sites for hydroxylation is 3. The Balaban J connectivity index is 1.78. The quantitative estimate of drug-likeness (QED) is 0.764. The van der Waals surface area contributed by atoms with Crippen LogP contribution in [0.2, 0.25) is 0 Å². The molecule has 1 aliphatic heterocycles. The second kappa shape index (κ2) is 6.81. The number of piperidine rings is 1. The van der Waals surface area contributed by atoms with Gasteiger partial charge in [-0.15, -0.1) is 0 Å². The van der Waals surface area contributed by atoms with Gasteiger partial charge in [0, 0.05) is 24.7 Å². The number of nitrogens with one attached hydrogen (secondary N) is 1. The first kappa shape index (κ1) is 17.7. The SMILES string of the molecule is CNC1CCN(C(=O)c2cc(-c3cc(C)oc3C)nc3onc(C)c23)CC1. The van der Waals surface area contributed by atoms with E-state index >= 15 is 0 Å². The van der Waals surface area contributed by atoms with E-state index in [0.29, 0.717) is 34.1 Å². The van der Waals surface area contributed by atoms with Gasteiger partial charge < -0.3 is 19.2 Å². The molecule has 0 aliphatic carbocycles. The molecule has 4 heterocycles. The van der Waals surface area contributed by atoms with E-state index in [0.717, 1.165) is 43.0 Å². The molecule has 142 valence electrons. The van der Waals surface area contributed by atoms with Crippen LogP contribution in [0, 0.1) is 20.8 Å². The molecule has 1 N–H and O–H groups in total. The molecule has 7 heteroatoms. The number of hydrogen-bond donors (Lipinski definition) is 1. The van der Waals surface area contributed by atoms with Crippen molar-refractivity contribution in [3.8, 4) is 11.3 Å².